The summed E-state index contributed by atoms with van der Waals surface area (Å²) in [6.07, 6.45) is 1.75. The Hall–Kier alpha value is -2.12. The molecule has 1 aliphatic heterocycles. The molecular weight excluding hydrogens is 447 g/mol. The van der Waals surface area contributed by atoms with Gasteiger partial charge in [-0.1, -0.05) is 46.0 Å². The second-order valence-corrected chi connectivity index (χ2v) is 8.49. The van der Waals surface area contributed by atoms with Gasteiger partial charge in [0.1, 0.15) is 0 Å². The van der Waals surface area contributed by atoms with Crippen molar-refractivity contribution >= 4 is 46.4 Å². The first-order chi connectivity index (χ1) is 14.5. The van der Waals surface area contributed by atoms with Crippen molar-refractivity contribution in [1.29, 1.82) is 0 Å². The van der Waals surface area contributed by atoms with Gasteiger partial charge in [-0.15, -0.1) is 0 Å². The fourth-order valence-electron chi connectivity index (χ4n) is 3.51. The maximum absolute atomic E-state index is 12.7. The zero-order valence-corrected chi connectivity index (χ0v) is 18.2. The number of carbonyl (C=O) groups excluding carboxylic acids is 1. The van der Waals surface area contributed by atoms with Crippen LogP contribution in [-0.4, -0.2) is 34.0 Å². The highest BCUT2D eigenvalue weighted by atomic mass is 35.5. The predicted molar refractivity (Wildman–Crippen MR) is 118 cm³/mol. The van der Waals surface area contributed by atoms with E-state index in [-0.39, 0.29) is 11.8 Å². The van der Waals surface area contributed by atoms with Gasteiger partial charge in [0.05, 0.1) is 17.5 Å². The number of anilines is 1. The van der Waals surface area contributed by atoms with E-state index in [1.807, 2.05) is 12.1 Å². The first-order valence-corrected chi connectivity index (χ1v) is 10.7. The molecule has 1 N–H and O–H groups in total. The molecule has 4 rings (SSSR count). The summed E-state index contributed by atoms with van der Waals surface area (Å²) in [5, 5.41) is 8.57. The molecule has 2 heterocycles. The van der Waals surface area contributed by atoms with Gasteiger partial charge in [-0.3, -0.25) is 9.69 Å². The molecule has 3 aromatic rings. The van der Waals surface area contributed by atoms with Crippen molar-refractivity contribution < 1.29 is 9.32 Å². The van der Waals surface area contributed by atoms with Gasteiger partial charge in [0, 0.05) is 27.8 Å². The minimum absolute atomic E-state index is 0.0128. The van der Waals surface area contributed by atoms with Crippen LogP contribution >= 0.6 is 34.8 Å². The van der Waals surface area contributed by atoms with Gasteiger partial charge in [0.2, 0.25) is 17.6 Å². The Labute approximate surface area is 189 Å². The molecule has 0 radical (unpaired) electrons. The van der Waals surface area contributed by atoms with Crippen molar-refractivity contribution in [3.63, 3.8) is 0 Å². The Kier molecular flexibility index (Phi) is 6.58. The number of hydrogen-bond donors (Lipinski definition) is 1. The summed E-state index contributed by atoms with van der Waals surface area (Å²) in [7, 11) is 0. The van der Waals surface area contributed by atoms with Gasteiger partial charge in [-0.25, -0.2) is 0 Å². The fourth-order valence-corrected chi connectivity index (χ4v) is 4.20. The molecule has 0 bridgehead atoms. The standard InChI is InChI=1S/C21H19Cl3N4O2/c22-14-4-1-5-16(9-14)25-21(29)13-3-2-8-28(11-13)12-19-26-20(27-30-19)17-7-6-15(23)10-18(17)24/h1,4-7,9-10,13H,2-3,8,11-12H2,(H,25,29). The van der Waals surface area contributed by atoms with E-state index in [4.69, 9.17) is 39.3 Å². The second-order valence-electron chi connectivity index (χ2n) is 7.21. The van der Waals surface area contributed by atoms with Gasteiger partial charge >= 0.3 is 0 Å². The van der Waals surface area contributed by atoms with Crippen LogP contribution in [0.1, 0.15) is 18.7 Å². The largest absolute Gasteiger partial charge is 0.338 e. The summed E-state index contributed by atoms with van der Waals surface area (Å²) in [5.74, 6) is 0.762. The first kappa shape index (κ1) is 21.1. The molecule has 156 valence electrons. The highest BCUT2D eigenvalue weighted by molar-refractivity contribution is 6.36. The number of benzene rings is 2. The molecule has 6 nitrogen and oxygen atoms in total. The normalized spacial score (nSPS) is 17.1. The van der Waals surface area contributed by atoms with E-state index in [0.717, 1.165) is 19.4 Å². The molecule has 1 fully saturated rings. The molecule has 1 aromatic heterocycles. The van der Waals surface area contributed by atoms with Crippen molar-refractivity contribution in [2.45, 2.75) is 19.4 Å². The van der Waals surface area contributed by atoms with E-state index in [1.165, 1.54) is 0 Å². The van der Waals surface area contributed by atoms with Crippen LogP contribution < -0.4 is 5.32 Å². The first-order valence-electron chi connectivity index (χ1n) is 9.55. The van der Waals surface area contributed by atoms with Gasteiger partial charge < -0.3 is 9.84 Å². The van der Waals surface area contributed by atoms with Crippen LogP contribution in [0.4, 0.5) is 5.69 Å². The molecular formula is C21H19Cl3N4O2. The molecule has 0 aliphatic carbocycles. The Bertz CT molecular complexity index is 1060. The van der Waals surface area contributed by atoms with Gasteiger partial charge in [-0.05, 0) is 55.8 Å². The van der Waals surface area contributed by atoms with Gasteiger partial charge in [0.15, 0.2) is 0 Å². The maximum Gasteiger partial charge on any atom is 0.241 e. The third kappa shape index (κ3) is 5.13. The molecule has 1 amide bonds. The van der Waals surface area contributed by atoms with E-state index >= 15 is 0 Å². The molecule has 2 aromatic carbocycles. The second kappa shape index (κ2) is 9.35. The summed E-state index contributed by atoms with van der Waals surface area (Å²) in [6, 6.07) is 12.3. The zero-order valence-electron chi connectivity index (χ0n) is 15.9. The highest BCUT2D eigenvalue weighted by Gasteiger charge is 2.27. The van der Waals surface area contributed by atoms with Gasteiger partial charge in [-0.2, -0.15) is 4.98 Å². The summed E-state index contributed by atoms with van der Waals surface area (Å²) in [5.41, 5.74) is 1.36. The third-order valence-corrected chi connectivity index (χ3v) is 5.75. The van der Waals surface area contributed by atoms with E-state index < -0.39 is 0 Å². The lowest BCUT2D eigenvalue weighted by molar-refractivity contribution is -0.121. The number of amides is 1. The molecule has 1 saturated heterocycles. The van der Waals surface area contributed by atoms with Crippen LogP contribution in [0.2, 0.25) is 15.1 Å². The van der Waals surface area contributed by atoms with Crippen molar-refractivity contribution in [2.75, 3.05) is 18.4 Å². The number of nitrogens with one attached hydrogen (secondary N) is 1. The molecule has 30 heavy (non-hydrogen) atoms. The Morgan fingerprint density at radius 3 is 2.80 bits per heavy atom. The van der Waals surface area contributed by atoms with E-state index in [2.05, 4.69) is 20.4 Å². The minimum Gasteiger partial charge on any atom is -0.338 e. The van der Waals surface area contributed by atoms with Crippen LogP contribution in [0.15, 0.2) is 47.0 Å². The lowest BCUT2D eigenvalue weighted by atomic mass is 9.97. The van der Waals surface area contributed by atoms with Crippen LogP contribution in [-0.2, 0) is 11.3 Å². The van der Waals surface area contributed by atoms with Crippen molar-refractivity contribution in [1.82, 2.24) is 15.0 Å². The average Bonchev–Trinajstić information content (AvgIpc) is 3.16. The number of rotatable bonds is 5. The number of halogens is 3. The molecule has 1 unspecified atom stereocenters. The summed E-state index contributed by atoms with van der Waals surface area (Å²) in [4.78, 5) is 19.3. The molecule has 0 saturated carbocycles. The lowest BCUT2D eigenvalue weighted by Crippen LogP contribution is -2.40. The van der Waals surface area contributed by atoms with E-state index in [1.54, 1.807) is 30.3 Å². The van der Waals surface area contributed by atoms with Crippen molar-refractivity contribution in [2.24, 2.45) is 5.92 Å². The summed E-state index contributed by atoms with van der Waals surface area (Å²) >= 11 is 18.2. The Morgan fingerprint density at radius 2 is 2.00 bits per heavy atom. The fraction of sp³-hybridized carbons (Fsp3) is 0.286. The summed E-state index contributed by atoms with van der Waals surface area (Å²) < 4.78 is 5.40. The minimum atomic E-state index is -0.120. The topological polar surface area (TPSA) is 71.3 Å². The molecule has 9 heteroatoms. The van der Waals surface area contributed by atoms with E-state index in [9.17, 15) is 4.79 Å². The maximum atomic E-state index is 12.7. The van der Waals surface area contributed by atoms with Crippen LogP contribution in [0, 0.1) is 5.92 Å². The number of piperidine rings is 1. The van der Waals surface area contributed by atoms with Crippen molar-refractivity contribution in [3.8, 4) is 11.4 Å². The van der Waals surface area contributed by atoms with E-state index in [0.29, 0.717) is 51.1 Å². The smallest absolute Gasteiger partial charge is 0.241 e. The summed E-state index contributed by atoms with van der Waals surface area (Å²) in [6.45, 7) is 1.95. The number of carbonyl (C=O) groups is 1. The Morgan fingerprint density at radius 1 is 1.17 bits per heavy atom. The molecule has 1 atom stereocenters. The zero-order chi connectivity index (χ0) is 21.1. The number of aromatic nitrogens is 2. The third-order valence-electron chi connectivity index (χ3n) is 4.97. The van der Waals surface area contributed by atoms with Crippen LogP contribution in [0.25, 0.3) is 11.4 Å². The van der Waals surface area contributed by atoms with Crippen molar-refractivity contribution in [3.05, 3.63) is 63.4 Å². The quantitative estimate of drug-likeness (QED) is 0.535. The van der Waals surface area contributed by atoms with Gasteiger partial charge in [0.25, 0.3) is 0 Å². The average molecular weight is 466 g/mol. The van der Waals surface area contributed by atoms with Crippen LogP contribution in [0.5, 0.6) is 0 Å². The highest BCUT2D eigenvalue weighted by Crippen LogP contribution is 2.29. The number of hydrogen-bond acceptors (Lipinski definition) is 5. The lowest BCUT2D eigenvalue weighted by Gasteiger charge is -2.30. The molecule has 0 spiro atoms. The predicted octanol–water partition coefficient (Wildman–Crippen LogP) is 5.55. The Balaban J connectivity index is 1.38. The number of nitrogens with zero attached hydrogens (tertiary/aromatic N) is 3. The molecule has 1 aliphatic rings. The number of likely N-dealkylation sites (tertiary alicyclic amines) is 1. The monoisotopic (exact) mass is 464 g/mol. The SMILES string of the molecule is O=C(Nc1cccc(Cl)c1)C1CCCN(Cc2nc(-c3ccc(Cl)cc3Cl)no2)C1. The van der Waals surface area contributed by atoms with Crippen LogP contribution in [0.3, 0.4) is 0 Å².